The number of hydrogen-bond donors (Lipinski definition) is 0. The summed E-state index contributed by atoms with van der Waals surface area (Å²) < 4.78 is 11.4. The zero-order valence-electron chi connectivity index (χ0n) is 20.3. The summed E-state index contributed by atoms with van der Waals surface area (Å²) in [7, 11) is 0. The fourth-order valence-corrected chi connectivity index (χ4v) is 3.48. The minimum absolute atomic E-state index is 0.00916. The van der Waals surface area contributed by atoms with Crippen LogP contribution in [0.1, 0.15) is 113 Å². The molecule has 0 aliphatic rings. The molecule has 0 radical (unpaired) electrons. The maximum atomic E-state index is 12.6. The van der Waals surface area contributed by atoms with Crippen LogP contribution < -0.4 is 4.74 Å². The molecular weight excluding hydrogens is 348 g/mol. The van der Waals surface area contributed by atoms with Crippen molar-refractivity contribution in [3.63, 3.8) is 0 Å². The second-order valence-electron chi connectivity index (χ2n) is 11.6. The Morgan fingerprint density at radius 3 is 1.57 bits per heavy atom. The molecule has 1 rings (SSSR count). The second-order valence-corrected chi connectivity index (χ2v) is 11.6. The highest BCUT2D eigenvalue weighted by Gasteiger charge is 2.32. The van der Waals surface area contributed by atoms with Crippen molar-refractivity contribution in [3.8, 4) is 5.75 Å². The van der Waals surface area contributed by atoms with Gasteiger partial charge in [-0.25, -0.2) is 4.79 Å². The van der Waals surface area contributed by atoms with Crippen molar-refractivity contribution in [2.75, 3.05) is 0 Å². The predicted octanol–water partition coefficient (Wildman–Crippen LogP) is 7.67. The first-order valence-electron chi connectivity index (χ1n) is 10.5. The Morgan fingerprint density at radius 1 is 0.750 bits per heavy atom. The van der Waals surface area contributed by atoms with Crippen LogP contribution in [-0.2, 0) is 21.0 Å². The number of benzene rings is 1. The molecule has 0 aliphatic heterocycles. The Balaban J connectivity index is 3.50. The van der Waals surface area contributed by atoms with E-state index in [0.29, 0.717) is 5.75 Å². The van der Waals surface area contributed by atoms with Gasteiger partial charge in [0, 0.05) is 5.56 Å². The standard InChI is InChI=1S/C25H42O3/c1-13-14-25(11,12)28-21(26)27-20-16-18(23(5,6)7)17(22(2,3)4)15-19(20)24(8,9)10/h15-16H,13-14H2,1-12H3. The molecule has 3 nitrogen and oxygen atoms in total. The van der Waals surface area contributed by atoms with E-state index in [1.165, 1.54) is 11.1 Å². The van der Waals surface area contributed by atoms with Crippen molar-refractivity contribution in [1.82, 2.24) is 0 Å². The lowest BCUT2D eigenvalue weighted by atomic mass is 9.72. The van der Waals surface area contributed by atoms with Gasteiger partial charge in [0.15, 0.2) is 0 Å². The Morgan fingerprint density at radius 2 is 1.18 bits per heavy atom. The second kappa shape index (κ2) is 8.08. The van der Waals surface area contributed by atoms with Gasteiger partial charge in [-0.15, -0.1) is 0 Å². The van der Waals surface area contributed by atoms with Crippen LogP contribution in [0.2, 0.25) is 0 Å². The lowest BCUT2D eigenvalue weighted by molar-refractivity contribution is 0.00354. The van der Waals surface area contributed by atoms with Crippen molar-refractivity contribution in [2.24, 2.45) is 0 Å². The van der Waals surface area contributed by atoms with Crippen molar-refractivity contribution in [1.29, 1.82) is 0 Å². The summed E-state index contributed by atoms with van der Waals surface area (Å²) in [6.07, 6.45) is 1.11. The minimum Gasteiger partial charge on any atom is -0.428 e. The normalized spacial score (nSPS) is 13.4. The van der Waals surface area contributed by atoms with Gasteiger partial charge < -0.3 is 9.47 Å². The van der Waals surface area contributed by atoms with E-state index in [4.69, 9.17) is 9.47 Å². The van der Waals surface area contributed by atoms with Gasteiger partial charge in [0.1, 0.15) is 11.4 Å². The summed E-state index contributed by atoms with van der Waals surface area (Å²) in [5.41, 5.74) is 2.74. The van der Waals surface area contributed by atoms with Gasteiger partial charge in [0.2, 0.25) is 0 Å². The van der Waals surface area contributed by atoms with E-state index in [2.05, 4.69) is 81.4 Å². The van der Waals surface area contributed by atoms with Crippen LogP contribution in [0.5, 0.6) is 5.75 Å². The van der Waals surface area contributed by atoms with Crippen molar-refractivity contribution in [3.05, 3.63) is 28.8 Å². The highest BCUT2D eigenvalue weighted by atomic mass is 16.7. The van der Waals surface area contributed by atoms with Crippen molar-refractivity contribution in [2.45, 2.75) is 118 Å². The smallest absolute Gasteiger partial charge is 0.428 e. The SMILES string of the molecule is CCCC(C)(C)OC(=O)Oc1cc(C(C)(C)C)c(C(C)(C)C)cc1C(C)(C)C. The fourth-order valence-electron chi connectivity index (χ4n) is 3.48. The molecule has 0 unspecified atom stereocenters. The third-order valence-electron chi connectivity index (χ3n) is 4.95. The van der Waals surface area contributed by atoms with E-state index >= 15 is 0 Å². The number of carbonyl (C=O) groups excluding carboxylic acids is 1. The molecule has 0 saturated heterocycles. The highest BCUT2D eigenvalue weighted by Crippen LogP contribution is 2.42. The van der Waals surface area contributed by atoms with Crippen molar-refractivity contribution < 1.29 is 14.3 Å². The van der Waals surface area contributed by atoms with Crippen LogP contribution in [0.3, 0.4) is 0 Å². The number of carbonyl (C=O) groups is 1. The van der Waals surface area contributed by atoms with Gasteiger partial charge in [-0.05, 0) is 53.7 Å². The van der Waals surface area contributed by atoms with Crippen LogP contribution in [0.4, 0.5) is 4.79 Å². The van der Waals surface area contributed by atoms with Gasteiger partial charge in [-0.1, -0.05) is 81.7 Å². The zero-order valence-corrected chi connectivity index (χ0v) is 20.3. The van der Waals surface area contributed by atoms with Gasteiger partial charge >= 0.3 is 6.16 Å². The molecule has 0 saturated carbocycles. The summed E-state index contributed by atoms with van der Waals surface area (Å²) >= 11 is 0. The van der Waals surface area contributed by atoms with E-state index in [-0.39, 0.29) is 16.2 Å². The van der Waals surface area contributed by atoms with E-state index in [0.717, 1.165) is 18.4 Å². The lowest BCUT2D eigenvalue weighted by Gasteiger charge is -2.34. The Labute approximate surface area is 173 Å². The molecule has 0 bridgehead atoms. The third kappa shape index (κ3) is 6.53. The Kier molecular flexibility index (Phi) is 7.08. The Hall–Kier alpha value is -1.51. The maximum absolute atomic E-state index is 12.6. The van der Waals surface area contributed by atoms with E-state index in [1.807, 2.05) is 13.8 Å². The highest BCUT2D eigenvalue weighted by molar-refractivity contribution is 5.66. The van der Waals surface area contributed by atoms with Crippen LogP contribution >= 0.6 is 0 Å². The Bertz CT molecular complexity index is 692. The van der Waals surface area contributed by atoms with E-state index in [9.17, 15) is 4.79 Å². The summed E-state index contributed by atoms with van der Waals surface area (Å²) in [5.74, 6) is 0.600. The number of ether oxygens (including phenoxy) is 2. The van der Waals surface area contributed by atoms with Gasteiger partial charge in [0.25, 0.3) is 0 Å². The molecule has 0 spiro atoms. The van der Waals surface area contributed by atoms with Gasteiger partial charge in [-0.2, -0.15) is 0 Å². The molecule has 3 heteroatoms. The largest absolute Gasteiger partial charge is 0.514 e. The molecule has 0 N–H and O–H groups in total. The third-order valence-corrected chi connectivity index (χ3v) is 4.95. The molecule has 0 heterocycles. The van der Waals surface area contributed by atoms with Crippen molar-refractivity contribution >= 4 is 6.16 Å². The lowest BCUT2D eigenvalue weighted by Crippen LogP contribution is -2.30. The molecule has 28 heavy (non-hydrogen) atoms. The number of rotatable bonds is 4. The summed E-state index contributed by atoms with van der Waals surface area (Å²) in [4.78, 5) is 12.6. The molecule has 1 aromatic carbocycles. The fraction of sp³-hybridized carbons (Fsp3) is 0.720. The monoisotopic (exact) mass is 390 g/mol. The molecule has 0 aromatic heterocycles. The van der Waals surface area contributed by atoms with Crippen LogP contribution in [0.25, 0.3) is 0 Å². The summed E-state index contributed by atoms with van der Waals surface area (Å²) in [6.45, 7) is 25.6. The quantitative estimate of drug-likeness (QED) is 0.391. The zero-order chi connectivity index (χ0) is 22.1. The molecule has 160 valence electrons. The first-order valence-corrected chi connectivity index (χ1v) is 10.5. The van der Waals surface area contributed by atoms with E-state index < -0.39 is 11.8 Å². The summed E-state index contributed by atoms with van der Waals surface area (Å²) in [5, 5.41) is 0. The molecular formula is C25H42O3. The molecule has 0 aliphatic carbocycles. The number of hydrogen-bond acceptors (Lipinski definition) is 3. The average Bonchev–Trinajstić information content (AvgIpc) is 2.42. The maximum Gasteiger partial charge on any atom is 0.514 e. The van der Waals surface area contributed by atoms with Gasteiger partial charge in [0.05, 0.1) is 0 Å². The molecule has 0 fully saturated rings. The van der Waals surface area contributed by atoms with Gasteiger partial charge in [-0.3, -0.25) is 0 Å². The average molecular weight is 391 g/mol. The summed E-state index contributed by atoms with van der Waals surface area (Å²) in [6, 6.07) is 4.27. The van der Waals surface area contributed by atoms with Crippen LogP contribution in [0, 0.1) is 0 Å². The van der Waals surface area contributed by atoms with Crippen LogP contribution in [-0.4, -0.2) is 11.8 Å². The molecule has 0 atom stereocenters. The topological polar surface area (TPSA) is 35.5 Å². The van der Waals surface area contributed by atoms with E-state index in [1.54, 1.807) is 0 Å². The first-order chi connectivity index (χ1) is 12.4. The minimum atomic E-state index is -0.632. The molecule has 1 aromatic rings. The predicted molar refractivity (Wildman–Crippen MR) is 119 cm³/mol. The molecule has 0 amide bonds. The van der Waals surface area contributed by atoms with Crippen LogP contribution in [0.15, 0.2) is 12.1 Å². The first kappa shape index (κ1) is 24.5.